The zero-order valence-electron chi connectivity index (χ0n) is 5.94. The Hall–Kier alpha value is -0.300. The van der Waals surface area contributed by atoms with Crippen LogP contribution in [0.5, 0.6) is 0 Å². The molecule has 0 rings (SSSR count). The zero-order chi connectivity index (χ0) is 10.5. The molecule has 0 aliphatic heterocycles. The van der Waals surface area contributed by atoms with E-state index in [0.29, 0.717) is 0 Å². The highest BCUT2D eigenvalue weighted by Gasteiger charge is 2.03. The van der Waals surface area contributed by atoms with Crippen LogP contribution in [-0.4, -0.2) is 39.2 Å². The molecule has 0 aromatic heterocycles. The van der Waals surface area contributed by atoms with Gasteiger partial charge >= 0.3 is 10.4 Å². The molecular formula is C2H5O9S2-. The average Bonchev–Trinajstić information content (AvgIpc) is 1.81. The van der Waals surface area contributed by atoms with Crippen molar-refractivity contribution in [3.8, 4) is 0 Å². The van der Waals surface area contributed by atoms with Crippen LogP contribution in [0.3, 0.4) is 0 Å². The maximum absolute atomic E-state index is 9.85. The van der Waals surface area contributed by atoms with Gasteiger partial charge in [-0.15, -0.1) is 4.33 Å². The van der Waals surface area contributed by atoms with Gasteiger partial charge in [0.15, 0.2) is 0 Å². The molecule has 0 radical (unpaired) electrons. The van der Waals surface area contributed by atoms with E-state index in [1.54, 1.807) is 0 Å². The Labute approximate surface area is 74.0 Å². The molecule has 0 aliphatic rings. The van der Waals surface area contributed by atoms with Crippen LogP contribution < -0.4 is 0 Å². The molecule has 1 N–H and O–H groups in total. The van der Waals surface area contributed by atoms with Crippen molar-refractivity contribution < 1.29 is 39.3 Å². The van der Waals surface area contributed by atoms with Gasteiger partial charge in [-0.3, -0.25) is 4.55 Å². The summed E-state index contributed by atoms with van der Waals surface area (Å²) in [7, 11) is -9.58. The quantitative estimate of drug-likeness (QED) is 0.186. The first kappa shape index (κ1) is 12.7. The van der Waals surface area contributed by atoms with E-state index < -0.39 is 34.0 Å². The minimum Gasteiger partial charge on any atom is -0.724 e. The van der Waals surface area contributed by atoms with Crippen molar-refractivity contribution in [2.75, 3.05) is 13.2 Å². The Morgan fingerprint density at radius 2 is 1.69 bits per heavy atom. The summed E-state index contributed by atoms with van der Waals surface area (Å²) in [6.07, 6.45) is 0. The molecule has 0 aromatic carbocycles. The first-order chi connectivity index (χ1) is 5.71. The van der Waals surface area contributed by atoms with Gasteiger partial charge in [0.1, 0.15) is 6.61 Å². The standard InChI is InChI=1S/C2H6O9S2/c3-12(4,5)10-2-1-9-11-13(6,7)8/h1-2H2,(H,3,4,5)(H,6,7,8)/p-1. The van der Waals surface area contributed by atoms with E-state index in [1.807, 2.05) is 0 Å². The summed E-state index contributed by atoms with van der Waals surface area (Å²) < 4.78 is 63.6. The maximum atomic E-state index is 9.85. The molecule has 0 atom stereocenters. The van der Waals surface area contributed by atoms with Crippen LogP contribution in [0.15, 0.2) is 0 Å². The van der Waals surface area contributed by atoms with Crippen LogP contribution in [-0.2, 0) is 34.2 Å². The number of hydrogen-bond acceptors (Lipinski definition) is 8. The minimum absolute atomic E-state index is 0.652. The molecule has 0 bridgehead atoms. The van der Waals surface area contributed by atoms with E-state index in [0.717, 1.165) is 0 Å². The van der Waals surface area contributed by atoms with E-state index in [2.05, 4.69) is 13.4 Å². The Morgan fingerprint density at radius 1 is 1.15 bits per heavy atom. The molecule has 0 spiro atoms. The van der Waals surface area contributed by atoms with Gasteiger partial charge in [0.2, 0.25) is 10.4 Å². The van der Waals surface area contributed by atoms with Crippen molar-refractivity contribution in [2.24, 2.45) is 0 Å². The van der Waals surface area contributed by atoms with Crippen LogP contribution in [0.2, 0.25) is 0 Å². The third kappa shape index (κ3) is 11.7. The molecule has 0 aromatic rings. The molecule has 13 heavy (non-hydrogen) atoms. The van der Waals surface area contributed by atoms with E-state index in [-0.39, 0.29) is 0 Å². The summed E-state index contributed by atoms with van der Waals surface area (Å²) in [5.74, 6) is 0. The van der Waals surface area contributed by atoms with Crippen molar-refractivity contribution in [3.63, 3.8) is 0 Å². The van der Waals surface area contributed by atoms with Gasteiger partial charge in [0, 0.05) is 0 Å². The van der Waals surface area contributed by atoms with Crippen LogP contribution in [0, 0.1) is 0 Å². The van der Waals surface area contributed by atoms with Crippen LogP contribution in [0.25, 0.3) is 0 Å². The monoisotopic (exact) mass is 237 g/mol. The fraction of sp³-hybridized carbons (Fsp3) is 1.00. The molecule has 0 heterocycles. The Morgan fingerprint density at radius 3 is 2.08 bits per heavy atom. The second-order valence-electron chi connectivity index (χ2n) is 1.55. The summed E-state index contributed by atoms with van der Waals surface area (Å²) in [6, 6.07) is 0. The Kier molecular flexibility index (Phi) is 4.69. The average molecular weight is 237 g/mol. The Balaban J connectivity index is 3.50. The lowest BCUT2D eigenvalue weighted by Gasteiger charge is -2.05. The van der Waals surface area contributed by atoms with Crippen LogP contribution >= 0.6 is 0 Å². The van der Waals surface area contributed by atoms with E-state index in [1.165, 1.54) is 0 Å². The molecule has 80 valence electrons. The molecule has 11 heteroatoms. The largest absolute Gasteiger partial charge is 0.724 e. The van der Waals surface area contributed by atoms with E-state index in [9.17, 15) is 21.4 Å². The highest BCUT2D eigenvalue weighted by molar-refractivity contribution is 7.81. The minimum atomic E-state index is -4.98. The lowest BCUT2D eigenvalue weighted by Crippen LogP contribution is -2.12. The van der Waals surface area contributed by atoms with Gasteiger partial charge in [-0.05, 0) is 0 Å². The molecule has 0 amide bonds. The Bertz CT molecular complexity index is 289. The van der Waals surface area contributed by atoms with Gasteiger partial charge in [-0.25, -0.2) is 17.5 Å². The molecule has 9 nitrogen and oxygen atoms in total. The second-order valence-corrected chi connectivity index (χ2v) is 3.59. The topological polar surface area (TPSA) is 139 Å². The highest BCUT2D eigenvalue weighted by Crippen LogP contribution is 1.90. The van der Waals surface area contributed by atoms with Crippen molar-refractivity contribution in [1.82, 2.24) is 0 Å². The first-order valence-corrected chi connectivity index (χ1v) is 5.29. The molecule has 0 saturated heterocycles. The summed E-state index contributed by atoms with van der Waals surface area (Å²) >= 11 is 0. The lowest BCUT2D eigenvalue weighted by atomic mass is 10.8. The van der Waals surface area contributed by atoms with Gasteiger partial charge in [0.25, 0.3) is 0 Å². The van der Waals surface area contributed by atoms with E-state index >= 15 is 0 Å². The van der Waals surface area contributed by atoms with Crippen molar-refractivity contribution >= 4 is 20.8 Å². The predicted octanol–water partition coefficient (Wildman–Crippen LogP) is -1.79. The second kappa shape index (κ2) is 4.80. The van der Waals surface area contributed by atoms with Gasteiger partial charge in [0.05, 0.1) is 6.61 Å². The normalized spacial score (nSPS) is 13.1. The van der Waals surface area contributed by atoms with Crippen LogP contribution in [0.1, 0.15) is 0 Å². The van der Waals surface area contributed by atoms with Crippen molar-refractivity contribution in [2.45, 2.75) is 0 Å². The SMILES string of the molecule is O=S(=O)([O-])OOCCOS(=O)(=O)O. The summed E-state index contributed by atoms with van der Waals surface area (Å²) in [4.78, 5) is 3.69. The third-order valence-corrected chi connectivity index (χ3v) is 1.26. The smallest absolute Gasteiger partial charge is 0.397 e. The van der Waals surface area contributed by atoms with Gasteiger partial charge < -0.3 is 4.55 Å². The zero-order valence-corrected chi connectivity index (χ0v) is 7.58. The lowest BCUT2D eigenvalue weighted by molar-refractivity contribution is -0.212. The summed E-state index contributed by atoms with van der Waals surface area (Å²) in [5, 5.41) is 0. The fourth-order valence-corrected chi connectivity index (χ4v) is 0.731. The maximum Gasteiger partial charge on any atom is 0.397 e. The molecule has 0 aliphatic carbocycles. The molecule has 0 unspecified atom stereocenters. The molecule has 0 fully saturated rings. The van der Waals surface area contributed by atoms with Crippen LogP contribution in [0.4, 0.5) is 0 Å². The van der Waals surface area contributed by atoms with Crippen molar-refractivity contribution in [3.05, 3.63) is 0 Å². The number of hydrogen-bond donors (Lipinski definition) is 1. The molecule has 0 saturated carbocycles. The van der Waals surface area contributed by atoms with Gasteiger partial charge in [-0.1, -0.05) is 0 Å². The summed E-state index contributed by atoms with van der Waals surface area (Å²) in [5.41, 5.74) is 0. The highest BCUT2D eigenvalue weighted by atomic mass is 32.3. The number of rotatable bonds is 6. The third-order valence-electron chi connectivity index (χ3n) is 0.530. The fourth-order valence-electron chi connectivity index (χ4n) is 0.266. The van der Waals surface area contributed by atoms with Crippen molar-refractivity contribution in [1.29, 1.82) is 0 Å². The molecular weight excluding hydrogens is 232 g/mol. The van der Waals surface area contributed by atoms with E-state index in [4.69, 9.17) is 4.55 Å². The summed E-state index contributed by atoms with van der Waals surface area (Å²) in [6.45, 7) is -1.34. The predicted molar refractivity (Wildman–Crippen MR) is 34.2 cm³/mol. The van der Waals surface area contributed by atoms with Gasteiger partial charge in [-0.2, -0.15) is 8.42 Å². The first-order valence-electron chi connectivity index (χ1n) is 2.59.